The Kier molecular flexibility index (Phi) is 5.99. The van der Waals surface area contributed by atoms with Gasteiger partial charge < -0.3 is 23.7 Å². The average Bonchev–Trinajstić information content (AvgIpc) is 3.07. The lowest BCUT2D eigenvalue weighted by Crippen LogP contribution is -2.58. The highest BCUT2D eigenvalue weighted by atomic mass is 16.5. The van der Waals surface area contributed by atoms with Crippen molar-refractivity contribution in [1.82, 2.24) is 14.8 Å². The second-order valence-electron chi connectivity index (χ2n) is 6.70. The Morgan fingerprint density at radius 1 is 1.21 bits per heavy atom. The first-order valence-electron chi connectivity index (χ1n) is 9.12. The normalized spacial score (nSPS) is 17.4. The minimum absolute atomic E-state index is 0.0504. The Bertz CT molecular complexity index is 846. The number of piperazine rings is 1. The summed E-state index contributed by atoms with van der Waals surface area (Å²) in [4.78, 5) is 32.8. The van der Waals surface area contributed by atoms with Crippen LogP contribution in [-0.4, -0.2) is 66.6 Å². The molecule has 150 valence electrons. The number of aryl methyl sites for hydroxylation is 1. The number of hydrogen-bond donors (Lipinski definition) is 0. The third-order valence-electron chi connectivity index (χ3n) is 4.90. The van der Waals surface area contributed by atoms with Gasteiger partial charge in [-0.3, -0.25) is 9.59 Å². The Labute approximate surface area is 164 Å². The van der Waals surface area contributed by atoms with Crippen LogP contribution in [0.3, 0.4) is 0 Å². The molecule has 8 nitrogen and oxygen atoms in total. The number of methoxy groups -OCH3 is 2. The molecule has 0 unspecified atom stereocenters. The Hall–Kier alpha value is -2.87. The molecule has 1 saturated heterocycles. The summed E-state index contributed by atoms with van der Waals surface area (Å²) in [5.41, 5.74) is 1.46. The molecule has 0 bridgehead atoms. The maximum Gasteiger partial charge on any atom is 0.245 e. The zero-order valence-corrected chi connectivity index (χ0v) is 16.6. The first-order valence-corrected chi connectivity index (χ1v) is 9.12. The maximum absolute atomic E-state index is 12.6. The Balaban J connectivity index is 1.75. The molecule has 2 amide bonds. The van der Waals surface area contributed by atoms with Crippen molar-refractivity contribution >= 4 is 11.8 Å². The van der Waals surface area contributed by atoms with E-state index in [0.29, 0.717) is 30.5 Å². The standard InChI is InChI=1S/C20H25N3O5/c1-13-20(25)22(9-10-26-3)12-18(24)23(13)11-17-14(2)28-19(21-17)15-5-7-16(27-4)8-6-15/h5-8,13H,9-12H2,1-4H3/t13-/m0/s1. The number of oxazole rings is 1. The smallest absolute Gasteiger partial charge is 0.245 e. The molecule has 0 aliphatic carbocycles. The topological polar surface area (TPSA) is 85.1 Å². The van der Waals surface area contributed by atoms with E-state index in [-0.39, 0.29) is 24.9 Å². The van der Waals surface area contributed by atoms with Gasteiger partial charge in [-0.25, -0.2) is 4.98 Å². The van der Waals surface area contributed by atoms with Crippen molar-refractivity contribution in [1.29, 1.82) is 0 Å². The van der Waals surface area contributed by atoms with Crippen LogP contribution in [0.25, 0.3) is 11.5 Å². The van der Waals surface area contributed by atoms with Crippen molar-refractivity contribution in [2.75, 3.05) is 33.9 Å². The Morgan fingerprint density at radius 3 is 2.57 bits per heavy atom. The molecule has 1 aliphatic rings. The third kappa shape index (κ3) is 4.01. The zero-order chi connectivity index (χ0) is 20.3. The van der Waals surface area contributed by atoms with Crippen LogP contribution < -0.4 is 4.74 Å². The van der Waals surface area contributed by atoms with Crippen LogP contribution in [0.5, 0.6) is 5.75 Å². The van der Waals surface area contributed by atoms with E-state index in [4.69, 9.17) is 13.9 Å². The molecule has 1 aromatic heterocycles. The number of rotatable bonds is 7. The fraction of sp³-hybridized carbons (Fsp3) is 0.450. The highest BCUT2D eigenvalue weighted by Gasteiger charge is 2.36. The summed E-state index contributed by atoms with van der Waals surface area (Å²) in [7, 11) is 3.18. The van der Waals surface area contributed by atoms with Gasteiger partial charge >= 0.3 is 0 Å². The Morgan fingerprint density at radius 2 is 1.93 bits per heavy atom. The van der Waals surface area contributed by atoms with Gasteiger partial charge in [-0.15, -0.1) is 0 Å². The van der Waals surface area contributed by atoms with Crippen LogP contribution >= 0.6 is 0 Å². The molecule has 1 fully saturated rings. The van der Waals surface area contributed by atoms with Crippen molar-refractivity contribution in [3.05, 3.63) is 35.7 Å². The van der Waals surface area contributed by atoms with E-state index in [1.54, 1.807) is 33.0 Å². The fourth-order valence-corrected chi connectivity index (χ4v) is 3.15. The molecule has 3 rings (SSSR count). The minimum atomic E-state index is -0.557. The quantitative estimate of drug-likeness (QED) is 0.721. The number of amides is 2. The largest absolute Gasteiger partial charge is 0.497 e. The molecule has 0 N–H and O–H groups in total. The summed E-state index contributed by atoms with van der Waals surface area (Å²) in [5, 5.41) is 0. The lowest BCUT2D eigenvalue weighted by Gasteiger charge is -2.38. The zero-order valence-electron chi connectivity index (χ0n) is 16.6. The molecule has 0 radical (unpaired) electrons. The monoisotopic (exact) mass is 387 g/mol. The van der Waals surface area contributed by atoms with E-state index in [1.165, 1.54) is 4.90 Å². The lowest BCUT2D eigenvalue weighted by molar-refractivity contribution is -0.156. The second-order valence-corrected chi connectivity index (χ2v) is 6.70. The summed E-state index contributed by atoms with van der Waals surface area (Å²) in [6.45, 7) is 4.63. The first-order chi connectivity index (χ1) is 13.4. The lowest BCUT2D eigenvalue weighted by atomic mass is 10.1. The van der Waals surface area contributed by atoms with Crippen molar-refractivity contribution in [3.63, 3.8) is 0 Å². The molecule has 1 aromatic carbocycles. The van der Waals surface area contributed by atoms with Gasteiger partial charge in [0.1, 0.15) is 23.2 Å². The van der Waals surface area contributed by atoms with Gasteiger partial charge in [0.15, 0.2) is 0 Å². The minimum Gasteiger partial charge on any atom is -0.497 e. The van der Waals surface area contributed by atoms with E-state index in [2.05, 4.69) is 4.98 Å². The van der Waals surface area contributed by atoms with Gasteiger partial charge in [0.2, 0.25) is 17.7 Å². The molecular weight excluding hydrogens is 362 g/mol. The first kappa shape index (κ1) is 19.9. The molecule has 8 heteroatoms. The molecular formula is C20H25N3O5. The number of ether oxygens (including phenoxy) is 2. The number of carbonyl (C=O) groups excluding carboxylic acids is 2. The maximum atomic E-state index is 12.6. The van der Waals surface area contributed by atoms with Crippen molar-refractivity contribution in [3.8, 4) is 17.2 Å². The molecule has 2 heterocycles. The molecule has 0 spiro atoms. The molecule has 1 atom stereocenters. The van der Waals surface area contributed by atoms with Crippen LogP contribution in [0, 0.1) is 6.92 Å². The van der Waals surface area contributed by atoms with Crippen LogP contribution in [0.1, 0.15) is 18.4 Å². The molecule has 28 heavy (non-hydrogen) atoms. The third-order valence-corrected chi connectivity index (χ3v) is 4.90. The van der Waals surface area contributed by atoms with Crippen molar-refractivity contribution < 1.29 is 23.5 Å². The van der Waals surface area contributed by atoms with Gasteiger partial charge in [-0.05, 0) is 38.1 Å². The van der Waals surface area contributed by atoms with Crippen molar-refractivity contribution in [2.45, 2.75) is 26.4 Å². The SMILES string of the molecule is COCCN1CC(=O)N(Cc2nc(-c3ccc(OC)cc3)oc2C)[C@@H](C)C1=O. The number of nitrogens with zero attached hydrogens (tertiary/aromatic N) is 3. The van der Waals surface area contributed by atoms with Gasteiger partial charge in [0.25, 0.3) is 0 Å². The number of aromatic nitrogens is 1. The summed E-state index contributed by atoms with van der Waals surface area (Å²) in [6.07, 6.45) is 0. The van der Waals surface area contributed by atoms with E-state index >= 15 is 0 Å². The van der Waals surface area contributed by atoms with Crippen LogP contribution in [0.2, 0.25) is 0 Å². The highest BCUT2D eigenvalue weighted by Crippen LogP contribution is 2.25. The number of hydrogen-bond acceptors (Lipinski definition) is 6. The molecule has 2 aromatic rings. The molecule has 0 saturated carbocycles. The van der Waals surface area contributed by atoms with Gasteiger partial charge in [-0.1, -0.05) is 0 Å². The second kappa shape index (κ2) is 8.43. The van der Waals surface area contributed by atoms with E-state index < -0.39 is 6.04 Å². The summed E-state index contributed by atoms with van der Waals surface area (Å²) >= 11 is 0. The summed E-state index contributed by atoms with van der Waals surface area (Å²) < 4.78 is 16.0. The van der Waals surface area contributed by atoms with E-state index in [9.17, 15) is 9.59 Å². The highest BCUT2D eigenvalue weighted by molar-refractivity contribution is 5.94. The average molecular weight is 387 g/mol. The van der Waals surface area contributed by atoms with Gasteiger partial charge in [0.05, 0.1) is 26.8 Å². The molecule has 1 aliphatic heterocycles. The predicted molar refractivity (Wildman–Crippen MR) is 102 cm³/mol. The van der Waals surface area contributed by atoms with Crippen LogP contribution in [0.4, 0.5) is 0 Å². The van der Waals surface area contributed by atoms with Crippen LogP contribution in [0.15, 0.2) is 28.7 Å². The van der Waals surface area contributed by atoms with E-state index in [1.807, 2.05) is 24.3 Å². The summed E-state index contributed by atoms with van der Waals surface area (Å²) in [5.74, 6) is 1.64. The van der Waals surface area contributed by atoms with Crippen molar-refractivity contribution in [2.24, 2.45) is 0 Å². The van der Waals surface area contributed by atoms with E-state index in [0.717, 1.165) is 11.3 Å². The van der Waals surface area contributed by atoms with Gasteiger partial charge in [0, 0.05) is 19.2 Å². The fourth-order valence-electron chi connectivity index (χ4n) is 3.15. The number of carbonyl (C=O) groups is 2. The van der Waals surface area contributed by atoms with Gasteiger partial charge in [-0.2, -0.15) is 0 Å². The predicted octanol–water partition coefficient (Wildman–Crippen LogP) is 1.86. The summed E-state index contributed by atoms with van der Waals surface area (Å²) in [6, 6.07) is 6.83. The number of benzene rings is 1. The van der Waals surface area contributed by atoms with Crippen LogP contribution in [-0.2, 0) is 20.9 Å².